The number of unbranched alkanes of at least 4 members (excludes halogenated alkanes) is 13. The van der Waals surface area contributed by atoms with E-state index < -0.39 is 4.92 Å². The van der Waals surface area contributed by atoms with Gasteiger partial charge in [0.05, 0.1) is 27.7 Å². The maximum Gasteiger partial charge on any atom is 0.158 e. The van der Waals surface area contributed by atoms with E-state index in [0.717, 1.165) is 17.0 Å². The van der Waals surface area contributed by atoms with Gasteiger partial charge in [-0.25, -0.2) is 0 Å². The largest absolute Gasteiger partial charge is 0.446 e. The summed E-state index contributed by atoms with van der Waals surface area (Å²) in [5, 5.41) is 9.77. The van der Waals surface area contributed by atoms with E-state index in [4.69, 9.17) is 0 Å². The summed E-state index contributed by atoms with van der Waals surface area (Å²) in [6.07, 6.45) is 22.6. The van der Waals surface area contributed by atoms with Crippen molar-refractivity contribution in [2.24, 2.45) is 0 Å². The number of aromatic nitrogens is 2. The lowest BCUT2D eigenvalue weighted by atomic mass is 10.0. The molecule has 0 aliphatic rings. The molecule has 0 atom stereocenters. The van der Waals surface area contributed by atoms with Crippen molar-refractivity contribution in [3.05, 3.63) is 22.6 Å². The summed E-state index contributed by atoms with van der Waals surface area (Å²) in [6, 6.07) is 0. The van der Waals surface area contributed by atoms with Gasteiger partial charge in [-0.15, -0.1) is 0 Å². The van der Waals surface area contributed by atoms with Crippen LogP contribution < -0.4 is 4.98 Å². The Balaban J connectivity index is 0.000000749. The molecule has 0 aromatic carbocycles. The number of imidazole rings is 1. The Bertz CT molecular complexity index is 456. The van der Waals surface area contributed by atoms with E-state index in [1.165, 1.54) is 96.4 Å². The average molecular weight is 397 g/mol. The SMILES string of the molecule is CCCCCCCCCCCCCCCC[N+](C)(C)C.O=[N+]([O-])c1c[n-]cn1. The molecule has 0 saturated heterocycles. The fraction of sp³-hybridized carbons (Fsp3) is 0.864. The number of rotatable bonds is 16. The molecule has 6 nitrogen and oxygen atoms in total. The van der Waals surface area contributed by atoms with E-state index in [1.54, 1.807) is 0 Å². The van der Waals surface area contributed by atoms with E-state index in [0.29, 0.717) is 0 Å². The minimum atomic E-state index is -0.590. The molecule has 0 amide bonds. The highest BCUT2D eigenvalue weighted by atomic mass is 16.6. The molecule has 1 rings (SSSR count). The summed E-state index contributed by atoms with van der Waals surface area (Å²) >= 11 is 0. The Morgan fingerprint density at radius 3 is 1.57 bits per heavy atom. The first kappa shape index (κ1) is 26.6. The van der Waals surface area contributed by atoms with Gasteiger partial charge in [0.2, 0.25) is 0 Å². The van der Waals surface area contributed by atoms with Crippen LogP contribution in [0.5, 0.6) is 0 Å². The zero-order chi connectivity index (χ0) is 21.1. The minimum Gasteiger partial charge on any atom is -0.446 e. The summed E-state index contributed by atoms with van der Waals surface area (Å²) in [4.78, 5) is 15.9. The fourth-order valence-electron chi connectivity index (χ4n) is 3.10. The first-order chi connectivity index (χ1) is 13.4. The molecule has 0 N–H and O–H groups in total. The zero-order valence-electron chi connectivity index (χ0n) is 18.9. The second-order valence-corrected chi connectivity index (χ2v) is 8.75. The number of hydrogen-bond donors (Lipinski definition) is 0. The Morgan fingerprint density at radius 1 is 0.857 bits per heavy atom. The van der Waals surface area contributed by atoms with Gasteiger partial charge in [0.1, 0.15) is 0 Å². The molecular weight excluding hydrogens is 352 g/mol. The molecule has 164 valence electrons. The first-order valence-corrected chi connectivity index (χ1v) is 11.2. The third-order valence-electron chi connectivity index (χ3n) is 4.82. The van der Waals surface area contributed by atoms with Gasteiger partial charge in [-0.2, -0.15) is 0 Å². The van der Waals surface area contributed by atoms with Crippen LogP contribution in [0, 0.1) is 10.1 Å². The fourth-order valence-corrected chi connectivity index (χ4v) is 3.10. The van der Waals surface area contributed by atoms with Crippen LogP contribution in [-0.2, 0) is 0 Å². The standard InChI is InChI=1S/C19H42N.C3H2N3O2/c1-5-6-7-8-9-10-11-12-13-14-15-16-17-18-19-20(2,3)4;7-6(8)3-1-4-2-5-3/h5-19H2,1-4H3;1-2H/q+1;-1. The monoisotopic (exact) mass is 396 g/mol. The van der Waals surface area contributed by atoms with Crippen molar-refractivity contribution in [1.82, 2.24) is 9.97 Å². The summed E-state index contributed by atoms with van der Waals surface area (Å²) in [7, 11) is 6.88. The molecule has 0 saturated carbocycles. The van der Waals surface area contributed by atoms with E-state index in [1.807, 2.05) is 0 Å². The summed E-state index contributed by atoms with van der Waals surface area (Å²) < 4.78 is 1.12. The Labute approximate surface area is 172 Å². The molecule has 0 aliphatic carbocycles. The van der Waals surface area contributed by atoms with Crippen molar-refractivity contribution >= 4 is 5.82 Å². The van der Waals surface area contributed by atoms with Crippen molar-refractivity contribution in [2.75, 3.05) is 27.7 Å². The topological polar surface area (TPSA) is 70.1 Å². The molecule has 0 bridgehead atoms. The third-order valence-corrected chi connectivity index (χ3v) is 4.82. The molecule has 6 heteroatoms. The maximum atomic E-state index is 9.77. The molecule has 0 radical (unpaired) electrons. The van der Waals surface area contributed by atoms with Gasteiger partial charge in [-0.05, 0) is 19.0 Å². The van der Waals surface area contributed by atoms with Crippen LogP contribution in [0.15, 0.2) is 12.5 Å². The Hall–Kier alpha value is -1.43. The smallest absolute Gasteiger partial charge is 0.158 e. The zero-order valence-corrected chi connectivity index (χ0v) is 18.9. The van der Waals surface area contributed by atoms with Crippen LogP contribution in [0.1, 0.15) is 96.8 Å². The molecule has 1 aromatic rings. The molecule has 0 aliphatic heterocycles. The van der Waals surface area contributed by atoms with Crippen LogP contribution in [0.25, 0.3) is 0 Å². The van der Waals surface area contributed by atoms with Gasteiger partial charge < -0.3 is 24.6 Å². The number of quaternary nitrogens is 1. The molecular formula is C22H44N4O2. The van der Waals surface area contributed by atoms with Crippen molar-refractivity contribution in [1.29, 1.82) is 0 Å². The molecule has 0 unspecified atom stereocenters. The van der Waals surface area contributed by atoms with Gasteiger partial charge in [-0.1, -0.05) is 95.2 Å². The number of nitrogens with zero attached hydrogens (tertiary/aromatic N) is 4. The molecule has 0 fully saturated rings. The van der Waals surface area contributed by atoms with Gasteiger partial charge in [0, 0.05) is 0 Å². The van der Waals surface area contributed by atoms with Crippen molar-refractivity contribution in [3.8, 4) is 0 Å². The Morgan fingerprint density at radius 2 is 1.29 bits per heavy atom. The second-order valence-electron chi connectivity index (χ2n) is 8.75. The molecule has 1 heterocycles. The van der Waals surface area contributed by atoms with Crippen LogP contribution in [0.2, 0.25) is 0 Å². The molecule has 0 spiro atoms. The predicted molar refractivity (Wildman–Crippen MR) is 117 cm³/mol. The van der Waals surface area contributed by atoms with Crippen LogP contribution >= 0.6 is 0 Å². The van der Waals surface area contributed by atoms with E-state index in [-0.39, 0.29) is 5.82 Å². The molecule has 28 heavy (non-hydrogen) atoms. The highest BCUT2D eigenvalue weighted by molar-refractivity contribution is 5.09. The Kier molecular flexibility index (Phi) is 16.8. The van der Waals surface area contributed by atoms with Crippen LogP contribution in [0.3, 0.4) is 0 Å². The number of hydrogen-bond acceptors (Lipinski definition) is 3. The van der Waals surface area contributed by atoms with Gasteiger partial charge in [0.25, 0.3) is 0 Å². The minimum absolute atomic E-state index is 0.204. The summed E-state index contributed by atoms with van der Waals surface area (Å²) in [5.74, 6) is -0.204. The van der Waals surface area contributed by atoms with Crippen molar-refractivity contribution in [3.63, 3.8) is 0 Å². The van der Waals surface area contributed by atoms with Crippen LogP contribution in [-0.4, -0.2) is 42.1 Å². The second kappa shape index (κ2) is 17.7. The van der Waals surface area contributed by atoms with Crippen molar-refractivity contribution in [2.45, 2.75) is 96.8 Å². The summed E-state index contributed by atoms with van der Waals surface area (Å²) in [6.45, 7) is 3.63. The lowest BCUT2D eigenvalue weighted by molar-refractivity contribution is -0.870. The van der Waals surface area contributed by atoms with Crippen molar-refractivity contribution < 1.29 is 9.41 Å². The molecule has 1 aromatic heterocycles. The van der Waals surface area contributed by atoms with E-state index >= 15 is 0 Å². The van der Waals surface area contributed by atoms with E-state index in [9.17, 15) is 10.1 Å². The van der Waals surface area contributed by atoms with Gasteiger partial charge in [-0.3, -0.25) is 0 Å². The lowest BCUT2D eigenvalue weighted by Crippen LogP contribution is -2.35. The highest BCUT2D eigenvalue weighted by Crippen LogP contribution is 2.13. The summed E-state index contributed by atoms with van der Waals surface area (Å²) in [5.41, 5.74) is 0. The average Bonchev–Trinajstić information content (AvgIpc) is 3.17. The van der Waals surface area contributed by atoms with Gasteiger partial charge in [0.15, 0.2) is 5.82 Å². The highest BCUT2D eigenvalue weighted by Gasteiger charge is 2.04. The first-order valence-electron chi connectivity index (χ1n) is 11.2. The quantitative estimate of drug-likeness (QED) is 0.146. The van der Waals surface area contributed by atoms with Crippen LogP contribution in [0.4, 0.5) is 5.82 Å². The third kappa shape index (κ3) is 19.3. The lowest BCUT2D eigenvalue weighted by Gasteiger charge is -2.23. The predicted octanol–water partition coefficient (Wildman–Crippen LogP) is 6.12. The number of nitro groups is 1. The maximum absolute atomic E-state index is 9.77. The van der Waals surface area contributed by atoms with Gasteiger partial charge >= 0.3 is 0 Å². The van der Waals surface area contributed by atoms with E-state index in [2.05, 4.69) is 38.0 Å². The normalized spacial score (nSPS) is 11.1.